The van der Waals surface area contributed by atoms with Gasteiger partial charge in [0.1, 0.15) is 5.69 Å². The first-order chi connectivity index (χ1) is 15.7. The maximum atomic E-state index is 13.1. The average molecular weight is 477 g/mol. The zero-order valence-electron chi connectivity index (χ0n) is 18.3. The first kappa shape index (κ1) is 23.5. The number of primary amides is 1. The Bertz CT molecular complexity index is 1070. The molecule has 2 N–H and O–H groups in total. The Morgan fingerprint density at radius 1 is 1.12 bits per heavy atom. The number of rotatable bonds is 6. The van der Waals surface area contributed by atoms with Gasteiger partial charge in [-0.2, -0.15) is 4.31 Å². The molecule has 1 aromatic rings. The molecule has 0 spiro atoms. The standard InChI is InChI=1S/C22H28N4O6S/c23-21(30)22-17(11-13-25(22)19(28)10-9-15-6-2-1-3-7-15)26(14-18(22)27)33(31,32)20(29)16-8-4-5-12-24-16/h4-5,8,12,15,17H,1-3,6-7,9-11,13-14H2,(H2,23,30). The molecule has 2 aliphatic heterocycles. The fourth-order valence-corrected chi connectivity index (χ4v) is 7.02. The van der Waals surface area contributed by atoms with Gasteiger partial charge in [-0.1, -0.05) is 38.2 Å². The number of Topliss-reactive ketones (excluding diaryl/α,β-unsaturated/α-hetero) is 1. The van der Waals surface area contributed by atoms with Gasteiger partial charge >= 0.3 is 5.12 Å². The average Bonchev–Trinajstić information content (AvgIpc) is 3.35. The normalized spacial score (nSPS) is 26.4. The number of carbonyl (C=O) groups excluding carboxylic acids is 4. The molecule has 178 valence electrons. The van der Waals surface area contributed by atoms with E-state index < -0.39 is 45.0 Å². The highest BCUT2D eigenvalue weighted by molar-refractivity contribution is 8.04. The van der Waals surface area contributed by atoms with E-state index >= 15 is 0 Å². The number of carbonyl (C=O) groups is 4. The lowest BCUT2D eigenvalue weighted by atomic mass is 9.85. The first-order valence-corrected chi connectivity index (χ1v) is 12.8. The van der Waals surface area contributed by atoms with Gasteiger partial charge in [0, 0.05) is 19.2 Å². The van der Waals surface area contributed by atoms with Gasteiger partial charge in [0.25, 0.3) is 15.9 Å². The SMILES string of the molecule is NC(=O)C12C(=O)CN(S(=O)(=O)C(=O)c3ccccn3)C1CCN2C(=O)CCC1CCCCC1. The molecule has 1 aromatic heterocycles. The molecule has 2 saturated heterocycles. The summed E-state index contributed by atoms with van der Waals surface area (Å²) in [6.07, 6.45) is 7.71. The summed E-state index contributed by atoms with van der Waals surface area (Å²) in [5.74, 6) is -1.80. The molecular weight excluding hydrogens is 448 g/mol. The van der Waals surface area contributed by atoms with E-state index in [0.717, 1.165) is 34.9 Å². The molecule has 2 amide bonds. The van der Waals surface area contributed by atoms with Gasteiger partial charge in [-0.05, 0) is 30.9 Å². The van der Waals surface area contributed by atoms with Crippen molar-refractivity contribution in [3.8, 4) is 0 Å². The second-order valence-corrected chi connectivity index (χ2v) is 10.8. The number of ketones is 1. The van der Waals surface area contributed by atoms with Gasteiger partial charge in [0.15, 0.2) is 11.3 Å². The van der Waals surface area contributed by atoms with Gasteiger partial charge in [0.2, 0.25) is 5.91 Å². The third-order valence-electron chi connectivity index (χ3n) is 7.19. The summed E-state index contributed by atoms with van der Waals surface area (Å²) in [6, 6.07) is 3.06. The Hall–Kier alpha value is -2.66. The molecular formula is C22H28N4O6S. The number of hydrogen-bond donors (Lipinski definition) is 1. The Kier molecular flexibility index (Phi) is 6.37. The zero-order valence-corrected chi connectivity index (χ0v) is 19.1. The molecule has 0 aromatic carbocycles. The number of nitrogens with zero attached hydrogens (tertiary/aromatic N) is 3. The molecule has 11 heteroatoms. The van der Waals surface area contributed by atoms with Crippen LogP contribution in [-0.2, 0) is 24.4 Å². The lowest BCUT2D eigenvalue weighted by Crippen LogP contribution is -2.64. The Balaban J connectivity index is 1.59. The predicted octanol–water partition coefficient (Wildman–Crippen LogP) is 0.622. The molecule has 0 radical (unpaired) electrons. The summed E-state index contributed by atoms with van der Waals surface area (Å²) < 4.78 is 27.0. The largest absolute Gasteiger partial charge is 0.367 e. The highest BCUT2D eigenvalue weighted by atomic mass is 32.2. The molecule has 0 bridgehead atoms. The summed E-state index contributed by atoms with van der Waals surface area (Å²) in [5, 5.41) is -1.27. The Morgan fingerprint density at radius 3 is 2.48 bits per heavy atom. The van der Waals surface area contributed by atoms with Gasteiger partial charge in [-0.15, -0.1) is 0 Å². The molecule has 3 fully saturated rings. The van der Waals surface area contributed by atoms with Crippen molar-refractivity contribution >= 4 is 32.7 Å². The van der Waals surface area contributed by atoms with E-state index in [4.69, 9.17) is 5.73 Å². The van der Waals surface area contributed by atoms with Crippen LogP contribution in [0.4, 0.5) is 0 Å². The van der Waals surface area contributed by atoms with Crippen LogP contribution in [0.5, 0.6) is 0 Å². The van der Waals surface area contributed by atoms with E-state index in [2.05, 4.69) is 4.98 Å². The maximum Gasteiger partial charge on any atom is 0.310 e. The molecule has 4 rings (SSSR count). The van der Waals surface area contributed by atoms with Crippen molar-refractivity contribution in [3.05, 3.63) is 30.1 Å². The topological polar surface area (TPSA) is 148 Å². The van der Waals surface area contributed by atoms with Gasteiger partial charge in [-0.25, -0.2) is 8.42 Å². The van der Waals surface area contributed by atoms with Crippen molar-refractivity contribution < 1.29 is 27.6 Å². The van der Waals surface area contributed by atoms with Crippen LogP contribution in [0.1, 0.15) is 61.9 Å². The zero-order chi connectivity index (χ0) is 23.8. The monoisotopic (exact) mass is 476 g/mol. The highest BCUT2D eigenvalue weighted by Gasteiger charge is 2.68. The van der Waals surface area contributed by atoms with Crippen molar-refractivity contribution in [2.45, 2.75) is 62.9 Å². The maximum absolute atomic E-state index is 13.1. The molecule has 2 unspecified atom stereocenters. The van der Waals surface area contributed by atoms with Gasteiger partial charge in [0.05, 0.1) is 12.6 Å². The lowest BCUT2D eigenvalue weighted by molar-refractivity contribution is -0.149. The second kappa shape index (κ2) is 8.94. The van der Waals surface area contributed by atoms with E-state index in [1.165, 1.54) is 30.8 Å². The third kappa shape index (κ3) is 3.86. The summed E-state index contributed by atoms with van der Waals surface area (Å²) in [5.41, 5.74) is 3.28. The van der Waals surface area contributed by atoms with Crippen LogP contribution in [0.2, 0.25) is 0 Å². The fourth-order valence-electron chi connectivity index (χ4n) is 5.55. The van der Waals surface area contributed by atoms with E-state index in [1.807, 2.05) is 0 Å². The minimum Gasteiger partial charge on any atom is -0.367 e. The van der Waals surface area contributed by atoms with Crippen LogP contribution in [-0.4, -0.2) is 70.0 Å². The third-order valence-corrected chi connectivity index (χ3v) is 8.87. The van der Waals surface area contributed by atoms with Crippen molar-refractivity contribution in [2.24, 2.45) is 11.7 Å². The number of amides is 2. The minimum atomic E-state index is -4.66. The summed E-state index contributed by atoms with van der Waals surface area (Å²) >= 11 is 0. The smallest absolute Gasteiger partial charge is 0.310 e. The van der Waals surface area contributed by atoms with Gasteiger partial charge in [-0.3, -0.25) is 24.2 Å². The van der Waals surface area contributed by atoms with Crippen LogP contribution in [0.15, 0.2) is 24.4 Å². The summed E-state index contributed by atoms with van der Waals surface area (Å²) in [6.45, 7) is -0.673. The van der Waals surface area contributed by atoms with Crippen LogP contribution in [0.25, 0.3) is 0 Å². The molecule has 10 nitrogen and oxygen atoms in total. The van der Waals surface area contributed by atoms with E-state index in [1.54, 1.807) is 0 Å². The number of sulfonamides is 1. The number of nitrogens with two attached hydrogens (primary N) is 1. The quantitative estimate of drug-likeness (QED) is 0.592. The van der Waals surface area contributed by atoms with E-state index in [9.17, 15) is 27.6 Å². The molecule has 3 aliphatic rings. The van der Waals surface area contributed by atoms with Crippen LogP contribution in [0, 0.1) is 5.92 Å². The molecule has 1 saturated carbocycles. The second-order valence-electron chi connectivity index (χ2n) is 9.00. The van der Waals surface area contributed by atoms with Crippen LogP contribution >= 0.6 is 0 Å². The number of hydrogen-bond acceptors (Lipinski definition) is 7. The predicted molar refractivity (Wildman–Crippen MR) is 117 cm³/mol. The number of aromatic nitrogens is 1. The highest BCUT2D eigenvalue weighted by Crippen LogP contribution is 2.42. The Labute approximate surface area is 192 Å². The van der Waals surface area contributed by atoms with Crippen molar-refractivity contribution in [1.82, 2.24) is 14.2 Å². The van der Waals surface area contributed by atoms with Crippen molar-refractivity contribution in [2.75, 3.05) is 13.1 Å². The minimum absolute atomic E-state index is 0.0205. The summed E-state index contributed by atoms with van der Waals surface area (Å²) in [7, 11) is -4.66. The fraction of sp³-hybridized carbons (Fsp3) is 0.591. The molecule has 3 heterocycles. The molecule has 2 atom stereocenters. The van der Waals surface area contributed by atoms with Crippen LogP contribution in [0.3, 0.4) is 0 Å². The van der Waals surface area contributed by atoms with E-state index in [0.29, 0.717) is 12.3 Å². The number of likely N-dealkylation sites (tertiary alicyclic amines) is 1. The number of pyridine rings is 1. The Morgan fingerprint density at radius 2 is 1.85 bits per heavy atom. The van der Waals surface area contributed by atoms with Crippen LogP contribution < -0.4 is 5.73 Å². The lowest BCUT2D eigenvalue weighted by Gasteiger charge is -2.34. The summed E-state index contributed by atoms with van der Waals surface area (Å²) in [4.78, 5) is 56.5. The van der Waals surface area contributed by atoms with Crippen molar-refractivity contribution in [3.63, 3.8) is 0 Å². The molecule has 33 heavy (non-hydrogen) atoms. The first-order valence-electron chi connectivity index (χ1n) is 11.3. The van der Waals surface area contributed by atoms with Crippen molar-refractivity contribution in [1.29, 1.82) is 0 Å². The van der Waals surface area contributed by atoms with Gasteiger partial charge < -0.3 is 10.6 Å². The number of fused-ring (bicyclic) bond motifs is 1. The molecule has 1 aliphatic carbocycles. The van der Waals surface area contributed by atoms with E-state index in [-0.39, 0.29) is 31.0 Å².